The lowest BCUT2D eigenvalue weighted by Crippen LogP contribution is -2.46. The zero-order valence-electron chi connectivity index (χ0n) is 8.26. The highest BCUT2D eigenvalue weighted by Gasteiger charge is 2.32. The molecule has 0 aromatic rings. The Morgan fingerprint density at radius 1 is 1.46 bits per heavy atom. The molecule has 0 atom stereocenters. The summed E-state index contributed by atoms with van der Waals surface area (Å²) in [5.41, 5.74) is 5.75. The minimum Gasteiger partial charge on any atom is -0.329 e. The number of hydrogen-bond acceptors (Lipinski definition) is 3. The average molecular weight is 206 g/mol. The molecule has 0 bridgehead atoms. The fourth-order valence-electron chi connectivity index (χ4n) is 1.80. The van der Waals surface area contributed by atoms with Gasteiger partial charge >= 0.3 is 0 Å². The van der Waals surface area contributed by atoms with Crippen LogP contribution in [0.5, 0.6) is 0 Å². The molecule has 0 unspecified atom stereocenters. The van der Waals surface area contributed by atoms with Gasteiger partial charge in [0.2, 0.25) is 0 Å². The third-order valence-electron chi connectivity index (χ3n) is 2.97. The maximum Gasteiger partial charge on any atom is 0.102 e. The Morgan fingerprint density at radius 3 is 2.46 bits per heavy atom. The molecule has 0 amide bonds. The first kappa shape index (κ1) is 11.3. The molecular formula is C9H19FN2S. The lowest BCUT2D eigenvalue weighted by Gasteiger charge is -2.39. The summed E-state index contributed by atoms with van der Waals surface area (Å²) in [5.74, 6) is 0. The molecule has 1 saturated heterocycles. The number of likely N-dealkylation sites (tertiary alicyclic amines) is 1. The van der Waals surface area contributed by atoms with Crippen molar-refractivity contribution in [2.24, 2.45) is 5.73 Å². The fourth-order valence-corrected chi connectivity index (χ4v) is 2.55. The van der Waals surface area contributed by atoms with E-state index < -0.39 is 0 Å². The molecule has 78 valence electrons. The van der Waals surface area contributed by atoms with Crippen LogP contribution in [0.25, 0.3) is 0 Å². The van der Waals surface area contributed by atoms with Crippen molar-refractivity contribution < 1.29 is 4.39 Å². The van der Waals surface area contributed by atoms with Gasteiger partial charge in [-0.15, -0.1) is 0 Å². The normalized spacial score (nSPS) is 23.3. The molecule has 1 heterocycles. The lowest BCUT2D eigenvalue weighted by molar-refractivity contribution is 0.188. The molecule has 0 aromatic carbocycles. The highest BCUT2D eigenvalue weighted by Crippen LogP contribution is 2.33. The second kappa shape index (κ2) is 5.17. The Morgan fingerprint density at radius 2 is 2.08 bits per heavy atom. The van der Waals surface area contributed by atoms with Gasteiger partial charge in [-0.2, -0.15) is 11.8 Å². The number of hydrogen-bond donors (Lipinski definition) is 1. The molecule has 0 spiro atoms. The van der Waals surface area contributed by atoms with E-state index in [2.05, 4.69) is 11.2 Å². The SMILES string of the molecule is CSC1(CN)CCN(CCF)CC1. The summed E-state index contributed by atoms with van der Waals surface area (Å²) in [6, 6.07) is 0. The van der Waals surface area contributed by atoms with Gasteiger partial charge in [0.25, 0.3) is 0 Å². The van der Waals surface area contributed by atoms with E-state index in [0.29, 0.717) is 6.54 Å². The Hall–Kier alpha value is 0.200. The van der Waals surface area contributed by atoms with Crippen molar-refractivity contribution in [2.45, 2.75) is 17.6 Å². The summed E-state index contributed by atoms with van der Waals surface area (Å²) in [4.78, 5) is 2.18. The Bertz CT molecular complexity index is 141. The number of halogens is 1. The van der Waals surface area contributed by atoms with E-state index >= 15 is 0 Å². The van der Waals surface area contributed by atoms with Gasteiger partial charge < -0.3 is 10.6 Å². The van der Waals surface area contributed by atoms with Crippen LogP contribution in [0, 0.1) is 0 Å². The van der Waals surface area contributed by atoms with Crippen molar-refractivity contribution in [3.05, 3.63) is 0 Å². The maximum absolute atomic E-state index is 12.1. The summed E-state index contributed by atoms with van der Waals surface area (Å²) in [7, 11) is 0. The van der Waals surface area contributed by atoms with E-state index in [9.17, 15) is 4.39 Å². The molecule has 0 radical (unpaired) electrons. The summed E-state index contributed by atoms with van der Waals surface area (Å²) >= 11 is 1.87. The van der Waals surface area contributed by atoms with Crippen LogP contribution in [-0.2, 0) is 0 Å². The van der Waals surface area contributed by atoms with Crippen LogP contribution >= 0.6 is 11.8 Å². The monoisotopic (exact) mass is 206 g/mol. The maximum atomic E-state index is 12.1. The van der Waals surface area contributed by atoms with Gasteiger partial charge in [-0.25, -0.2) is 4.39 Å². The molecule has 1 rings (SSSR count). The van der Waals surface area contributed by atoms with Crippen molar-refractivity contribution in [2.75, 3.05) is 39.1 Å². The van der Waals surface area contributed by atoms with Crippen molar-refractivity contribution in [3.63, 3.8) is 0 Å². The van der Waals surface area contributed by atoms with Crippen molar-refractivity contribution >= 4 is 11.8 Å². The number of nitrogens with two attached hydrogens (primary N) is 1. The van der Waals surface area contributed by atoms with Crippen LogP contribution in [0.15, 0.2) is 0 Å². The molecule has 2 nitrogen and oxygen atoms in total. The first-order valence-electron chi connectivity index (χ1n) is 4.80. The molecule has 0 saturated carbocycles. The molecule has 0 aromatic heterocycles. The first-order chi connectivity index (χ1) is 6.26. The van der Waals surface area contributed by atoms with Gasteiger partial charge in [0, 0.05) is 17.8 Å². The van der Waals surface area contributed by atoms with Crippen molar-refractivity contribution in [3.8, 4) is 0 Å². The van der Waals surface area contributed by atoms with Gasteiger partial charge in [-0.05, 0) is 32.2 Å². The van der Waals surface area contributed by atoms with E-state index in [1.54, 1.807) is 0 Å². The number of alkyl halides is 1. The van der Waals surface area contributed by atoms with Crippen LogP contribution in [0.1, 0.15) is 12.8 Å². The minimum absolute atomic E-state index is 0.227. The third-order valence-corrected chi connectivity index (χ3v) is 4.41. The number of rotatable bonds is 4. The summed E-state index contributed by atoms with van der Waals surface area (Å²) < 4.78 is 12.3. The predicted molar refractivity (Wildman–Crippen MR) is 56.9 cm³/mol. The Kier molecular flexibility index (Phi) is 4.49. The van der Waals surface area contributed by atoms with Gasteiger partial charge in [-0.1, -0.05) is 0 Å². The van der Waals surface area contributed by atoms with Crippen LogP contribution in [-0.4, -0.2) is 48.8 Å². The molecule has 2 N–H and O–H groups in total. The first-order valence-corrected chi connectivity index (χ1v) is 6.02. The Labute approximate surface area is 84.0 Å². The summed E-state index contributed by atoms with van der Waals surface area (Å²) in [6.45, 7) is 3.12. The zero-order chi connectivity index (χ0) is 9.73. The van der Waals surface area contributed by atoms with E-state index in [1.807, 2.05) is 11.8 Å². The minimum atomic E-state index is -0.227. The van der Waals surface area contributed by atoms with E-state index in [4.69, 9.17) is 5.73 Å². The second-order valence-corrected chi connectivity index (χ2v) is 4.90. The molecular weight excluding hydrogens is 187 g/mol. The largest absolute Gasteiger partial charge is 0.329 e. The zero-order valence-corrected chi connectivity index (χ0v) is 9.08. The topological polar surface area (TPSA) is 29.3 Å². The highest BCUT2D eigenvalue weighted by molar-refractivity contribution is 8.00. The van der Waals surface area contributed by atoms with Gasteiger partial charge in [-0.3, -0.25) is 0 Å². The second-order valence-electron chi connectivity index (χ2n) is 3.62. The standard InChI is InChI=1S/C9H19FN2S/c1-13-9(8-11)2-5-12(6-3-9)7-4-10/h2-8,11H2,1H3. The molecule has 4 heteroatoms. The van der Waals surface area contributed by atoms with Crippen LogP contribution < -0.4 is 5.73 Å². The van der Waals surface area contributed by atoms with Crippen molar-refractivity contribution in [1.29, 1.82) is 0 Å². The molecule has 13 heavy (non-hydrogen) atoms. The summed E-state index contributed by atoms with van der Waals surface area (Å²) in [5, 5.41) is 0. The quantitative estimate of drug-likeness (QED) is 0.747. The highest BCUT2D eigenvalue weighted by atomic mass is 32.2. The number of piperidine rings is 1. The van der Waals surface area contributed by atoms with Gasteiger partial charge in [0.1, 0.15) is 6.67 Å². The number of nitrogens with zero attached hydrogens (tertiary/aromatic N) is 1. The van der Waals surface area contributed by atoms with Gasteiger partial charge in [0.15, 0.2) is 0 Å². The van der Waals surface area contributed by atoms with E-state index in [1.165, 1.54) is 0 Å². The average Bonchev–Trinajstić information content (AvgIpc) is 2.20. The molecule has 0 aliphatic carbocycles. The van der Waals surface area contributed by atoms with Crippen molar-refractivity contribution in [1.82, 2.24) is 4.90 Å². The third kappa shape index (κ3) is 2.82. The van der Waals surface area contributed by atoms with E-state index in [0.717, 1.165) is 32.5 Å². The van der Waals surface area contributed by atoms with Crippen LogP contribution in [0.2, 0.25) is 0 Å². The van der Waals surface area contributed by atoms with Gasteiger partial charge in [0.05, 0.1) is 0 Å². The van der Waals surface area contributed by atoms with Crippen LogP contribution in [0.3, 0.4) is 0 Å². The lowest BCUT2D eigenvalue weighted by atomic mass is 9.96. The smallest absolute Gasteiger partial charge is 0.102 e. The van der Waals surface area contributed by atoms with E-state index in [-0.39, 0.29) is 11.4 Å². The molecule has 1 fully saturated rings. The summed E-state index contributed by atoms with van der Waals surface area (Å²) in [6.07, 6.45) is 4.33. The number of thioether (sulfide) groups is 1. The Balaban J connectivity index is 2.36. The van der Waals surface area contributed by atoms with Crippen LogP contribution in [0.4, 0.5) is 4.39 Å². The molecule has 1 aliphatic heterocycles. The fraction of sp³-hybridized carbons (Fsp3) is 1.00. The molecule has 1 aliphatic rings. The predicted octanol–water partition coefficient (Wildman–Crippen LogP) is 1.11.